The number of aldehydes is 1. The lowest BCUT2D eigenvalue weighted by Crippen LogP contribution is -2.41. The van der Waals surface area contributed by atoms with Gasteiger partial charge in [-0.05, 0) is 6.42 Å². The Morgan fingerprint density at radius 1 is 1.45 bits per heavy atom. The highest BCUT2D eigenvalue weighted by Crippen LogP contribution is 1.97. The van der Waals surface area contributed by atoms with Gasteiger partial charge in [0.15, 0.2) is 0 Å². The van der Waals surface area contributed by atoms with E-state index in [0.29, 0.717) is 6.29 Å². The van der Waals surface area contributed by atoms with Crippen molar-refractivity contribution < 1.29 is 15.0 Å². The Morgan fingerprint density at radius 2 is 2.00 bits per heavy atom. The first-order valence-corrected chi connectivity index (χ1v) is 3.37. The van der Waals surface area contributed by atoms with Crippen molar-refractivity contribution in [2.45, 2.75) is 24.6 Å². The lowest BCUT2D eigenvalue weighted by molar-refractivity contribution is -0.109. The lowest BCUT2D eigenvalue weighted by atomic mass is 10.1. The van der Waals surface area contributed by atoms with Gasteiger partial charge in [0.25, 0.3) is 0 Å². The number of hydrogen-bond acceptors (Lipinski definition) is 5. The molecule has 0 heterocycles. The highest BCUT2D eigenvalue weighted by atomic mass is 16.3. The van der Waals surface area contributed by atoms with Crippen molar-refractivity contribution in [3.05, 3.63) is 0 Å². The third kappa shape index (κ3) is 4.05. The summed E-state index contributed by atoms with van der Waals surface area (Å²) in [6.45, 7) is -0.313. The number of rotatable bonds is 5. The lowest BCUT2D eigenvalue weighted by Gasteiger charge is -2.17. The van der Waals surface area contributed by atoms with Gasteiger partial charge in [-0.25, -0.2) is 0 Å². The van der Waals surface area contributed by atoms with Gasteiger partial charge in [0, 0.05) is 0 Å². The zero-order valence-corrected chi connectivity index (χ0v) is 6.18. The second kappa shape index (κ2) is 5.20. The van der Waals surface area contributed by atoms with Crippen molar-refractivity contribution in [3.8, 4) is 0 Å². The molecular formula is C6H14N2O3. The maximum atomic E-state index is 10.0. The number of aliphatic hydroxyl groups excluding tert-OH is 2. The average Bonchev–Trinajstić information content (AvgIpc) is 2.02. The van der Waals surface area contributed by atoms with E-state index in [1.165, 1.54) is 0 Å². The van der Waals surface area contributed by atoms with E-state index in [2.05, 4.69) is 0 Å². The molecule has 0 rings (SSSR count). The topological polar surface area (TPSA) is 110 Å². The van der Waals surface area contributed by atoms with Crippen molar-refractivity contribution in [1.82, 2.24) is 0 Å². The van der Waals surface area contributed by atoms with Crippen LogP contribution < -0.4 is 11.5 Å². The highest BCUT2D eigenvalue weighted by Gasteiger charge is 2.16. The normalized spacial score (nSPS) is 18.9. The minimum Gasteiger partial charge on any atom is -0.395 e. The molecule has 6 N–H and O–H groups in total. The molecule has 0 spiro atoms. The zero-order chi connectivity index (χ0) is 8.85. The molecule has 0 aromatic heterocycles. The summed E-state index contributed by atoms with van der Waals surface area (Å²) >= 11 is 0. The molecule has 0 fully saturated rings. The van der Waals surface area contributed by atoms with Crippen LogP contribution in [0, 0.1) is 0 Å². The second-order valence-corrected chi connectivity index (χ2v) is 2.45. The molecule has 0 amide bonds. The molecular weight excluding hydrogens is 148 g/mol. The van der Waals surface area contributed by atoms with Crippen LogP contribution in [0.1, 0.15) is 6.42 Å². The Hall–Kier alpha value is -0.490. The van der Waals surface area contributed by atoms with E-state index in [4.69, 9.17) is 21.7 Å². The van der Waals surface area contributed by atoms with Crippen LogP contribution in [-0.2, 0) is 4.79 Å². The van der Waals surface area contributed by atoms with Gasteiger partial charge < -0.3 is 26.5 Å². The van der Waals surface area contributed by atoms with Crippen LogP contribution in [0.25, 0.3) is 0 Å². The van der Waals surface area contributed by atoms with Gasteiger partial charge >= 0.3 is 0 Å². The summed E-state index contributed by atoms with van der Waals surface area (Å²) in [7, 11) is 0. The van der Waals surface area contributed by atoms with Gasteiger partial charge in [-0.3, -0.25) is 0 Å². The monoisotopic (exact) mass is 162 g/mol. The first-order chi connectivity index (χ1) is 5.11. The molecule has 3 atom stereocenters. The predicted octanol–water partition coefficient (Wildman–Crippen LogP) is -2.42. The van der Waals surface area contributed by atoms with Crippen molar-refractivity contribution >= 4 is 6.29 Å². The Balaban J connectivity index is 3.66. The molecule has 0 aliphatic heterocycles. The molecule has 0 aromatic rings. The third-order valence-electron chi connectivity index (χ3n) is 1.39. The summed E-state index contributed by atoms with van der Waals surface area (Å²) in [5.41, 5.74) is 10.4. The van der Waals surface area contributed by atoms with E-state index in [9.17, 15) is 4.79 Å². The number of aliphatic hydroxyl groups is 2. The van der Waals surface area contributed by atoms with Crippen LogP contribution in [0.15, 0.2) is 0 Å². The third-order valence-corrected chi connectivity index (χ3v) is 1.39. The van der Waals surface area contributed by atoms with Gasteiger partial charge in [-0.1, -0.05) is 0 Å². The molecule has 5 nitrogen and oxygen atoms in total. The first kappa shape index (κ1) is 10.5. The molecule has 11 heavy (non-hydrogen) atoms. The van der Waals surface area contributed by atoms with Gasteiger partial charge in [0.2, 0.25) is 0 Å². The summed E-state index contributed by atoms with van der Waals surface area (Å²) in [5, 5.41) is 17.6. The number of hydrogen-bond donors (Lipinski definition) is 4. The molecule has 0 aliphatic carbocycles. The van der Waals surface area contributed by atoms with Crippen LogP contribution in [0.5, 0.6) is 0 Å². The molecule has 66 valence electrons. The summed E-state index contributed by atoms with van der Waals surface area (Å²) in [6, 6.07) is -1.43. The number of nitrogens with two attached hydrogens (primary N) is 2. The SMILES string of the molecule is N[C@H](C=O)C[C@H](O)[C@@H](N)CO. The fourth-order valence-electron chi connectivity index (χ4n) is 0.631. The Bertz CT molecular complexity index is 120. The van der Waals surface area contributed by atoms with Crippen LogP contribution in [0.2, 0.25) is 0 Å². The largest absolute Gasteiger partial charge is 0.395 e. The number of carbonyl (C=O) groups is 1. The van der Waals surface area contributed by atoms with Gasteiger partial charge in [-0.15, -0.1) is 0 Å². The average molecular weight is 162 g/mol. The quantitative estimate of drug-likeness (QED) is 0.336. The first-order valence-electron chi connectivity index (χ1n) is 3.37. The summed E-state index contributed by atoms with van der Waals surface area (Å²) in [5.74, 6) is 0. The fourth-order valence-corrected chi connectivity index (χ4v) is 0.631. The molecule has 0 bridgehead atoms. The predicted molar refractivity (Wildman–Crippen MR) is 39.7 cm³/mol. The van der Waals surface area contributed by atoms with Crippen LogP contribution in [0.4, 0.5) is 0 Å². The van der Waals surface area contributed by atoms with E-state index in [-0.39, 0.29) is 13.0 Å². The second-order valence-electron chi connectivity index (χ2n) is 2.45. The van der Waals surface area contributed by atoms with Gasteiger partial charge in [-0.2, -0.15) is 0 Å². The number of carbonyl (C=O) groups excluding carboxylic acids is 1. The molecule has 0 saturated heterocycles. The zero-order valence-electron chi connectivity index (χ0n) is 6.18. The standard InChI is InChI=1S/C6H14N2O3/c7-4(2-9)1-6(11)5(8)3-10/h2,4-6,10-11H,1,3,7-8H2/t4-,5-,6-/m0/s1. The van der Waals surface area contributed by atoms with Gasteiger partial charge in [0.1, 0.15) is 6.29 Å². The smallest absolute Gasteiger partial charge is 0.136 e. The van der Waals surface area contributed by atoms with Crippen LogP contribution in [0.3, 0.4) is 0 Å². The molecule has 0 saturated carbocycles. The summed E-state index contributed by atoms with van der Waals surface area (Å²) in [6.07, 6.45) is -0.293. The minimum atomic E-state index is -0.916. The Labute approximate surface area is 65.0 Å². The van der Waals surface area contributed by atoms with Crippen LogP contribution >= 0.6 is 0 Å². The van der Waals surface area contributed by atoms with E-state index in [1.807, 2.05) is 0 Å². The van der Waals surface area contributed by atoms with E-state index in [0.717, 1.165) is 0 Å². The van der Waals surface area contributed by atoms with Crippen molar-refractivity contribution in [3.63, 3.8) is 0 Å². The summed E-state index contributed by atoms with van der Waals surface area (Å²) in [4.78, 5) is 10.0. The van der Waals surface area contributed by atoms with Crippen molar-refractivity contribution in [2.75, 3.05) is 6.61 Å². The van der Waals surface area contributed by atoms with Crippen molar-refractivity contribution in [1.29, 1.82) is 0 Å². The fraction of sp³-hybridized carbons (Fsp3) is 0.833. The Morgan fingerprint density at radius 3 is 2.36 bits per heavy atom. The molecule has 0 aliphatic rings. The van der Waals surface area contributed by atoms with Crippen molar-refractivity contribution in [2.24, 2.45) is 11.5 Å². The van der Waals surface area contributed by atoms with E-state index >= 15 is 0 Å². The molecule has 5 heteroatoms. The van der Waals surface area contributed by atoms with E-state index < -0.39 is 18.2 Å². The molecule has 0 aromatic carbocycles. The Kier molecular flexibility index (Phi) is 4.97. The van der Waals surface area contributed by atoms with Crippen LogP contribution in [-0.4, -0.2) is 41.3 Å². The van der Waals surface area contributed by atoms with Gasteiger partial charge in [0.05, 0.1) is 24.8 Å². The highest BCUT2D eigenvalue weighted by molar-refractivity contribution is 5.56. The molecule has 0 unspecified atom stereocenters. The minimum absolute atomic E-state index is 0.0885. The van der Waals surface area contributed by atoms with E-state index in [1.54, 1.807) is 0 Å². The maximum Gasteiger partial charge on any atom is 0.136 e. The maximum absolute atomic E-state index is 10.0. The molecule has 0 radical (unpaired) electrons. The summed E-state index contributed by atoms with van der Waals surface area (Å²) < 4.78 is 0.